The van der Waals surface area contributed by atoms with Gasteiger partial charge in [-0.2, -0.15) is 13.2 Å². The maximum absolute atomic E-state index is 13.1. The summed E-state index contributed by atoms with van der Waals surface area (Å²) < 4.78 is 39.4. The molecule has 5 rings (SSSR count). The molecule has 0 spiro atoms. The van der Waals surface area contributed by atoms with Gasteiger partial charge in [0.2, 0.25) is 11.8 Å². The fourth-order valence-electron chi connectivity index (χ4n) is 5.53. The Kier molecular flexibility index (Phi) is 4.51. The maximum atomic E-state index is 13.1. The van der Waals surface area contributed by atoms with Gasteiger partial charge in [0.1, 0.15) is 6.04 Å². The predicted octanol–water partition coefficient (Wildman–Crippen LogP) is 0.799. The molecule has 3 aliphatic heterocycles. The number of carbonyl (C=O) groups excluding carboxylic acids is 4. The van der Waals surface area contributed by atoms with Crippen LogP contribution in [0.2, 0.25) is 0 Å². The number of nitrogens with zero attached hydrogens (tertiary/aromatic N) is 2. The second-order valence-electron chi connectivity index (χ2n) is 9.19. The van der Waals surface area contributed by atoms with Crippen LogP contribution in [0, 0.1) is 11.8 Å². The highest BCUT2D eigenvalue weighted by molar-refractivity contribution is 6.23. The molecule has 170 valence electrons. The summed E-state index contributed by atoms with van der Waals surface area (Å²) in [4.78, 5) is 51.9. The molecule has 1 unspecified atom stereocenters. The van der Waals surface area contributed by atoms with Crippen LogP contribution in [0.25, 0.3) is 0 Å². The summed E-state index contributed by atoms with van der Waals surface area (Å²) in [6.07, 6.45) is -4.25. The number of imide groups is 2. The number of carbonyl (C=O) groups is 4. The molecule has 1 saturated carbocycles. The van der Waals surface area contributed by atoms with Gasteiger partial charge < -0.3 is 5.73 Å². The standard InChI is InChI=1S/C21H21F3N4O4/c22-21(23,24)13-6-20(25)9-27(8-14(13)20)7-10-1-2-11-12(5-10)19(32)28(18(11)31)15-3-4-16(29)26-17(15)30/h1-2,5,13-15H,3-4,6-9,25H2,(H,26,29,30)/t13-,14+,15?,20-/m0/s1. The average Bonchev–Trinajstić information content (AvgIpc) is 3.07. The van der Waals surface area contributed by atoms with E-state index in [0.29, 0.717) is 18.7 Å². The molecule has 4 amide bonds. The monoisotopic (exact) mass is 450 g/mol. The van der Waals surface area contributed by atoms with Crippen molar-refractivity contribution in [1.82, 2.24) is 15.1 Å². The molecule has 0 radical (unpaired) electrons. The minimum atomic E-state index is -4.26. The fraction of sp³-hybridized carbons (Fsp3) is 0.524. The van der Waals surface area contributed by atoms with E-state index in [9.17, 15) is 32.3 Å². The number of nitrogens with one attached hydrogen (secondary N) is 1. The van der Waals surface area contributed by atoms with Crippen LogP contribution in [0.15, 0.2) is 18.2 Å². The van der Waals surface area contributed by atoms with Crippen LogP contribution < -0.4 is 11.1 Å². The zero-order chi connectivity index (χ0) is 23.0. The van der Waals surface area contributed by atoms with Gasteiger partial charge in [-0.1, -0.05) is 6.07 Å². The summed E-state index contributed by atoms with van der Waals surface area (Å²) in [5.41, 5.74) is 6.31. The van der Waals surface area contributed by atoms with Crippen molar-refractivity contribution >= 4 is 23.6 Å². The molecule has 2 saturated heterocycles. The first kappa shape index (κ1) is 21.1. The third kappa shape index (κ3) is 3.14. The number of piperidine rings is 1. The Morgan fingerprint density at radius 1 is 1.12 bits per heavy atom. The van der Waals surface area contributed by atoms with Crippen LogP contribution in [0.3, 0.4) is 0 Å². The lowest BCUT2D eigenvalue weighted by molar-refractivity contribution is -0.224. The Morgan fingerprint density at radius 3 is 2.53 bits per heavy atom. The molecule has 3 fully saturated rings. The lowest BCUT2D eigenvalue weighted by Crippen LogP contribution is -2.63. The third-order valence-corrected chi connectivity index (χ3v) is 7.13. The molecule has 3 N–H and O–H groups in total. The number of alkyl halides is 3. The van der Waals surface area contributed by atoms with E-state index in [0.717, 1.165) is 4.90 Å². The molecule has 11 heteroatoms. The van der Waals surface area contributed by atoms with Crippen LogP contribution in [0.1, 0.15) is 45.5 Å². The number of amides is 4. The van der Waals surface area contributed by atoms with Gasteiger partial charge in [-0.15, -0.1) is 0 Å². The summed E-state index contributed by atoms with van der Waals surface area (Å²) in [5.74, 6) is -4.39. The molecule has 4 atom stereocenters. The number of halogens is 3. The maximum Gasteiger partial charge on any atom is 0.392 e. The van der Waals surface area contributed by atoms with Gasteiger partial charge >= 0.3 is 6.18 Å². The zero-order valence-corrected chi connectivity index (χ0v) is 16.9. The molecular formula is C21H21F3N4O4. The average molecular weight is 450 g/mol. The Bertz CT molecular complexity index is 1060. The molecule has 32 heavy (non-hydrogen) atoms. The first-order valence-corrected chi connectivity index (χ1v) is 10.4. The van der Waals surface area contributed by atoms with Crippen molar-refractivity contribution in [3.63, 3.8) is 0 Å². The zero-order valence-electron chi connectivity index (χ0n) is 16.9. The first-order valence-electron chi connectivity index (χ1n) is 10.4. The lowest BCUT2D eigenvalue weighted by Gasteiger charge is -2.48. The largest absolute Gasteiger partial charge is 0.392 e. The second-order valence-corrected chi connectivity index (χ2v) is 9.19. The van der Waals surface area contributed by atoms with E-state index in [4.69, 9.17) is 5.73 Å². The molecule has 8 nitrogen and oxygen atoms in total. The summed E-state index contributed by atoms with van der Waals surface area (Å²) in [6, 6.07) is 3.65. The number of benzene rings is 1. The van der Waals surface area contributed by atoms with Crippen molar-refractivity contribution < 1.29 is 32.3 Å². The molecule has 0 bridgehead atoms. The highest BCUT2D eigenvalue weighted by Crippen LogP contribution is 2.54. The predicted molar refractivity (Wildman–Crippen MR) is 103 cm³/mol. The van der Waals surface area contributed by atoms with E-state index < -0.39 is 53.2 Å². The summed E-state index contributed by atoms with van der Waals surface area (Å²) in [5, 5.41) is 2.14. The van der Waals surface area contributed by atoms with Crippen LogP contribution in [-0.2, 0) is 16.1 Å². The summed E-state index contributed by atoms with van der Waals surface area (Å²) in [7, 11) is 0. The minimum absolute atomic E-state index is 0.0327. The third-order valence-electron chi connectivity index (χ3n) is 7.13. The van der Waals surface area contributed by atoms with Crippen molar-refractivity contribution in [2.24, 2.45) is 17.6 Å². The van der Waals surface area contributed by atoms with E-state index in [1.54, 1.807) is 12.1 Å². The molecule has 0 aromatic heterocycles. The number of fused-ring (bicyclic) bond motifs is 2. The van der Waals surface area contributed by atoms with Gasteiger partial charge in [0.05, 0.1) is 17.0 Å². The van der Waals surface area contributed by atoms with Gasteiger partial charge in [0, 0.05) is 37.5 Å². The molecule has 4 aliphatic rings. The van der Waals surface area contributed by atoms with Crippen LogP contribution in [0.4, 0.5) is 13.2 Å². The molecule has 1 aromatic carbocycles. The van der Waals surface area contributed by atoms with E-state index in [2.05, 4.69) is 5.32 Å². The van der Waals surface area contributed by atoms with Crippen molar-refractivity contribution in [3.05, 3.63) is 34.9 Å². The number of likely N-dealkylation sites (tertiary alicyclic amines) is 1. The lowest BCUT2D eigenvalue weighted by atomic mass is 9.61. The number of rotatable bonds is 3. The SMILES string of the molecule is N[C@]12C[C@H](C(F)(F)F)[C@H]1CN(Cc1ccc3c(c1)C(=O)N(C1CCC(=O)NC1=O)C3=O)C2. The van der Waals surface area contributed by atoms with Gasteiger partial charge in [-0.25, -0.2) is 0 Å². The van der Waals surface area contributed by atoms with Crippen molar-refractivity contribution in [2.75, 3.05) is 13.1 Å². The minimum Gasteiger partial charge on any atom is -0.324 e. The molecule has 1 aromatic rings. The Hall–Kier alpha value is -2.79. The highest BCUT2D eigenvalue weighted by Gasteiger charge is 2.64. The number of hydrogen-bond acceptors (Lipinski definition) is 6. The van der Waals surface area contributed by atoms with E-state index in [1.165, 1.54) is 6.07 Å². The topological polar surface area (TPSA) is 113 Å². The number of nitrogens with two attached hydrogens (primary N) is 1. The summed E-state index contributed by atoms with van der Waals surface area (Å²) >= 11 is 0. The van der Waals surface area contributed by atoms with E-state index in [-0.39, 0.29) is 36.9 Å². The molecule has 3 heterocycles. The van der Waals surface area contributed by atoms with E-state index in [1.807, 2.05) is 4.90 Å². The van der Waals surface area contributed by atoms with Crippen molar-refractivity contribution in [2.45, 2.75) is 43.6 Å². The first-order chi connectivity index (χ1) is 15.0. The van der Waals surface area contributed by atoms with Crippen LogP contribution in [0.5, 0.6) is 0 Å². The van der Waals surface area contributed by atoms with Gasteiger partial charge in [-0.3, -0.25) is 34.3 Å². The molecular weight excluding hydrogens is 429 g/mol. The van der Waals surface area contributed by atoms with Gasteiger partial charge in [0.15, 0.2) is 0 Å². The Balaban J connectivity index is 1.32. The van der Waals surface area contributed by atoms with Crippen LogP contribution >= 0.6 is 0 Å². The summed E-state index contributed by atoms with van der Waals surface area (Å²) in [6.45, 7) is 0.844. The number of hydrogen-bond donors (Lipinski definition) is 2. The van der Waals surface area contributed by atoms with E-state index >= 15 is 0 Å². The Morgan fingerprint density at radius 2 is 1.84 bits per heavy atom. The normalized spacial score (nSPS) is 32.6. The van der Waals surface area contributed by atoms with Gasteiger partial charge in [0.25, 0.3) is 11.8 Å². The van der Waals surface area contributed by atoms with Gasteiger partial charge in [-0.05, 0) is 30.5 Å². The Labute approximate surface area is 180 Å². The quantitative estimate of drug-likeness (QED) is 0.659. The van der Waals surface area contributed by atoms with Crippen molar-refractivity contribution in [3.8, 4) is 0 Å². The second kappa shape index (κ2) is 6.85. The molecule has 1 aliphatic carbocycles. The smallest absolute Gasteiger partial charge is 0.324 e. The van der Waals surface area contributed by atoms with Crippen molar-refractivity contribution in [1.29, 1.82) is 0 Å². The fourth-order valence-corrected chi connectivity index (χ4v) is 5.53. The highest BCUT2D eigenvalue weighted by atomic mass is 19.4. The van der Waals surface area contributed by atoms with Crippen LogP contribution in [-0.4, -0.2) is 64.3 Å².